The molecule has 14 rings (SSSR count). The first-order valence-corrected chi connectivity index (χ1v) is 22.8. The van der Waals surface area contributed by atoms with E-state index in [1.54, 1.807) is 6.07 Å². The zero-order valence-corrected chi connectivity index (χ0v) is 36.5. The largest absolute Gasteiger partial charge is 0.307 e. The van der Waals surface area contributed by atoms with Gasteiger partial charge in [-0.05, 0) is 60.2 Å². The quantitative estimate of drug-likeness (QED) is 0.154. The Morgan fingerprint density at radius 1 is 0.265 bits per heavy atom. The SMILES string of the molecule is [C-]#[N+]c1cc([N+]#[C-])cc(-c2c(-n3c4ccccc4c4ccccc43)c(-n3c4ccccc4c4ccccc43)cc(-n3c4ccccc4c4ccccc43)c2-n2c3ccccc3c3ccccc32)c1. The molecule has 0 aliphatic carbocycles. The Balaban J connectivity index is 1.35. The van der Waals surface area contributed by atoms with Crippen LogP contribution in [0.5, 0.6) is 0 Å². The highest BCUT2D eigenvalue weighted by molar-refractivity contribution is 6.16. The summed E-state index contributed by atoms with van der Waals surface area (Å²) in [4.78, 5) is 8.08. The molecular weight excluding hydrogens is 829 g/mol. The zero-order chi connectivity index (χ0) is 45.0. The smallest absolute Gasteiger partial charge is 0.177 e. The third-order valence-corrected chi connectivity index (χ3v) is 13.9. The third kappa shape index (κ3) is 5.20. The molecule has 0 unspecified atom stereocenters. The Kier molecular flexibility index (Phi) is 8.01. The molecule has 4 heterocycles. The molecule has 0 saturated carbocycles. The number of fused-ring (bicyclic) bond motifs is 12. The molecule has 6 nitrogen and oxygen atoms in total. The normalized spacial score (nSPS) is 11.8. The molecule has 0 spiro atoms. The summed E-state index contributed by atoms with van der Waals surface area (Å²) in [5, 5.41) is 9.10. The van der Waals surface area contributed by atoms with E-state index in [0.717, 1.165) is 121 Å². The fourth-order valence-electron chi connectivity index (χ4n) is 11.3. The first kappa shape index (κ1) is 37.7. The summed E-state index contributed by atoms with van der Waals surface area (Å²) in [6, 6.07) is 77.5. The molecule has 0 amide bonds. The van der Waals surface area contributed by atoms with Gasteiger partial charge in [0.05, 0.1) is 80.0 Å². The van der Waals surface area contributed by atoms with E-state index in [-0.39, 0.29) is 0 Å². The molecule has 0 N–H and O–H groups in total. The van der Waals surface area contributed by atoms with E-state index in [9.17, 15) is 0 Å². The average Bonchev–Trinajstić information content (AvgIpc) is 4.13. The minimum absolute atomic E-state index is 0.399. The van der Waals surface area contributed by atoms with Crippen molar-refractivity contribution < 1.29 is 0 Å². The number of benzene rings is 10. The van der Waals surface area contributed by atoms with Gasteiger partial charge in [-0.15, -0.1) is 0 Å². The van der Waals surface area contributed by atoms with Gasteiger partial charge in [0.25, 0.3) is 0 Å². The summed E-state index contributed by atoms with van der Waals surface area (Å²) in [5.41, 5.74) is 14.6. The van der Waals surface area contributed by atoms with Crippen LogP contribution >= 0.6 is 0 Å². The molecule has 0 aliphatic rings. The predicted molar refractivity (Wildman–Crippen MR) is 282 cm³/mol. The second-order valence-corrected chi connectivity index (χ2v) is 17.4. The number of para-hydroxylation sites is 8. The van der Waals surface area contributed by atoms with Crippen molar-refractivity contribution in [3.8, 4) is 33.9 Å². The Morgan fingerprint density at radius 3 is 0.750 bits per heavy atom. The maximum Gasteiger partial charge on any atom is 0.177 e. The van der Waals surface area contributed by atoms with Crippen LogP contribution in [0.1, 0.15) is 0 Å². The van der Waals surface area contributed by atoms with Gasteiger partial charge in [0.1, 0.15) is 0 Å². The first-order chi connectivity index (χ1) is 33.7. The molecule has 0 saturated heterocycles. The highest BCUT2D eigenvalue weighted by Crippen LogP contribution is 2.51. The third-order valence-electron chi connectivity index (χ3n) is 13.9. The van der Waals surface area contributed by atoms with Crippen LogP contribution in [0, 0.1) is 13.1 Å². The predicted octanol–water partition coefficient (Wildman–Crippen LogP) is 16.8. The van der Waals surface area contributed by atoms with Gasteiger partial charge in [-0.3, -0.25) is 0 Å². The summed E-state index contributed by atoms with van der Waals surface area (Å²) in [7, 11) is 0. The molecular formula is C62H36N6. The van der Waals surface area contributed by atoms with Crippen LogP contribution in [0.15, 0.2) is 218 Å². The van der Waals surface area contributed by atoms with E-state index in [0.29, 0.717) is 11.4 Å². The van der Waals surface area contributed by atoms with Gasteiger partial charge >= 0.3 is 0 Å². The molecule has 10 aromatic carbocycles. The van der Waals surface area contributed by atoms with E-state index < -0.39 is 0 Å². The molecule has 4 aromatic heterocycles. The Bertz CT molecular complexity index is 4040. The zero-order valence-electron chi connectivity index (χ0n) is 36.5. The maximum atomic E-state index is 8.47. The first-order valence-electron chi connectivity index (χ1n) is 22.8. The maximum absolute atomic E-state index is 8.47. The topological polar surface area (TPSA) is 28.4 Å². The second-order valence-electron chi connectivity index (χ2n) is 17.4. The number of hydrogen-bond donors (Lipinski definition) is 0. The van der Waals surface area contributed by atoms with Crippen LogP contribution in [-0.2, 0) is 0 Å². The van der Waals surface area contributed by atoms with Crippen molar-refractivity contribution in [1.29, 1.82) is 0 Å². The van der Waals surface area contributed by atoms with Crippen molar-refractivity contribution in [2.75, 3.05) is 0 Å². The van der Waals surface area contributed by atoms with Crippen LogP contribution in [0.25, 0.3) is 131 Å². The summed E-state index contributed by atoms with van der Waals surface area (Å²) < 4.78 is 9.75. The van der Waals surface area contributed by atoms with Gasteiger partial charge < -0.3 is 18.3 Å². The lowest BCUT2D eigenvalue weighted by Crippen LogP contribution is -2.13. The van der Waals surface area contributed by atoms with Gasteiger partial charge in [-0.2, -0.15) is 0 Å². The monoisotopic (exact) mass is 864 g/mol. The van der Waals surface area contributed by atoms with Crippen molar-refractivity contribution >= 4 is 98.6 Å². The molecule has 68 heavy (non-hydrogen) atoms. The lowest BCUT2D eigenvalue weighted by atomic mass is 9.95. The van der Waals surface area contributed by atoms with Crippen molar-refractivity contribution in [3.05, 3.63) is 241 Å². The molecule has 314 valence electrons. The number of nitrogens with zero attached hydrogens (tertiary/aromatic N) is 6. The average molecular weight is 865 g/mol. The summed E-state index contributed by atoms with van der Waals surface area (Å²) >= 11 is 0. The van der Waals surface area contributed by atoms with Gasteiger partial charge in [-0.1, -0.05) is 164 Å². The lowest BCUT2D eigenvalue weighted by molar-refractivity contribution is 1.05. The molecule has 0 fully saturated rings. The van der Waals surface area contributed by atoms with Gasteiger partial charge in [-0.25, -0.2) is 9.69 Å². The van der Waals surface area contributed by atoms with Crippen LogP contribution in [0.2, 0.25) is 0 Å². The van der Waals surface area contributed by atoms with E-state index in [4.69, 9.17) is 13.1 Å². The van der Waals surface area contributed by atoms with Crippen LogP contribution in [-0.4, -0.2) is 18.3 Å². The fraction of sp³-hybridized carbons (Fsp3) is 0. The highest BCUT2D eigenvalue weighted by atomic mass is 15.1. The van der Waals surface area contributed by atoms with Crippen LogP contribution in [0.4, 0.5) is 11.4 Å². The number of rotatable bonds is 5. The van der Waals surface area contributed by atoms with Crippen molar-refractivity contribution in [3.63, 3.8) is 0 Å². The molecule has 6 heteroatoms. The van der Waals surface area contributed by atoms with E-state index in [1.165, 1.54) is 0 Å². The molecule has 0 radical (unpaired) electrons. The van der Waals surface area contributed by atoms with E-state index >= 15 is 0 Å². The Labute approximate surface area is 390 Å². The Hall–Kier alpha value is -9.62. The minimum atomic E-state index is 0.399. The minimum Gasteiger partial charge on any atom is -0.307 e. The number of aromatic nitrogens is 4. The molecule has 0 aliphatic heterocycles. The van der Waals surface area contributed by atoms with Crippen molar-refractivity contribution in [2.24, 2.45) is 0 Å². The summed E-state index contributed by atoms with van der Waals surface area (Å²) in [5.74, 6) is 0. The van der Waals surface area contributed by atoms with Crippen LogP contribution < -0.4 is 0 Å². The lowest BCUT2D eigenvalue weighted by Gasteiger charge is -2.28. The summed E-state index contributed by atoms with van der Waals surface area (Å²) in [6.07, 6.45) is 0. The second kappa shape index (κ2) is 14.4. The highest BCUT2D eigenvalue weighted by Gasteiger charge is 2.31. The van der Waals surface area contributed by atoms with Gasteiger partial charge in [0, 0.05) is 48.7 Å². The molecule has 0 atom stereocenters. The van der Waals surface area contributed by atoms with Crippen molar-refractivity contribution in [2.45, 2.75) is 0 Å². The van der Waals surface area contributed by atoms with E-state index in [2.05, 4.69) is 228 Å². The van der Waals surface area contributed by atoms with E-state index in [1.807, 2.05) is 12.1 Å². The van der Waals surface area contributed by atoms with Gasteiger partial charge in [0.2, 0.25) is 0 Å². The Morgan fingerprint density at radius 2 is 0.500 bits per heavy atom. The van der Waals surface area contributed by atoms with Crippen LogP contribution in [0.3, 0.4) is 0 Å². The summed E-state index contributed by atoms with van der Waals surface area (Å²) in [6.45, 7) is 16.9. The fourth-order valence-corrected chi connectivity index (χ4v) is 11.3. The van der Waals surface area contributed by atoms with Crippen molar-refractivity contribution in [1.82, 2.24) is 18.3 Å². The molecule has 14 aromatic rings. The molecule has 0 bridgehead atoms. The standard InChI is InChI=1S/C62H36N6/c1-63-40-35-39(36-41(37-40)64-2)60-61(67-54-31-15-7-23-46(54)47-24-8-16-32-55(47)67)58(65-50-27-11-3-19-42(50)43-20-4-12-28-51(43)65)38-59(66-52-29-13-5-21-44(52)45-22-6-14-30-53(45)66)62(60)68-56-33-17-9-25-48(56)49-26-10-18-34-57(49)68/h3-38H. The number of hydrogen-bond acceptors (Lipinski definition) is 0. The van der Waals surface area contributed by atoms with Gasteiger partial charge in [0.15, 0.2) is 11.4 Å².